The van der Waals surface area contributed by atoms with Crippen LogP contribution in [0.15, 0.2) is 109 Å². The van der Waals surface area contributed by atoms with E-state index in [-0.39, 0.29) is 31.1 Å². The van der Waals surface area contributed by atoms with Gasteiger partial charge in [0.1, 0.15) is 13.2 Å². The van der Waals surface area contributed by atoms with E-state index in [0.717, 1.165) is 148 Å². The predicted molar refractivity (Wildman–Crippen MR) is 293 cm³/mol. The molecule has 386 valence electrons. The van der Waals surface area contributed by atoms with E-state index in [4.69, 9.17) is 14.2 Å². The van der Waals surface area contributed by atoms with Gasteiger partial charge >= 0.3 is 17.9 Å². The van der Waals surface area contributed by atoms with Crippen LogP contribution in [0.1, 0.15) is 245 Å². The van der Waals surface area contributed by atoms with E-state index in [1.807, 2.05) is 0 Å². The average molecular weight is 943 g/mol. The molecule has 0 aromatic heterocycles. The lowest BCUT2D eigenvalue weighted by Gasteiger charge is -2.18. The summed E-state index contributed by atoms with van der Waals surface area (Å²) in [6.07, 6.45) is 75.1. The quantitative estimate of drug-likeness (QED) is 0.0262. The van der Waals surface area contributed by atoms with Crippen LogP contribution >= 0.6 is 0 Å². The van der Waals surface area contributed by atoms with Gasteiger partial charge in [0, 0.05) is 19.3 Å². The van der Waals surface area contributed by atoms with Crippen molar-refractivity contribution in [1.82, 2.24) is 0 Å². The van der Waals surface area contributed by atoms with Gasteiger partial charge in [0.25, 0.3) is 0 Å². The van der Waals surface area contributed by atoms with E-state index in [9.17, 15) is 14.4 Å². The number of carbonyl (C=O) groups is 3. The van der Waals surface area contributed by atoms with Crippen molar-refractivity contribution in [2.75, 3.05) is 13.2 Å². The summed E-state index contributed by atoms with van der Waals surface area (Å²) in [5, 5.41) is 0. The smallest absolute Gasteiger partial charge is 0.306 e. The van der Waals surface area contributed by atoms with E-state index >= 15 is 0 Å². The van der Waals surface area contributed by atoms with Crippen molar-refractivity contribution in [1.29, 1.82) is 0 Å². The maximum atomic E-state index is 12.8. The summed E-state index contributed by atoms with van der Waals surface area (Å²) < 4.78 is 16.8. The fraction of sp³-hybridized carbons (Fsp3) is 0.661. The van der Waals surface area contributed by atoms with Crippen LogP contribution in [0.25, 0.3) is 0 Å². The maximum Gasteiger partial charge on any atom is 0.306 e. The van der Waals surface area contributed by atoms with Crippen molar-refractivity contribution in [3.63, 3.8) is 0 Å². The van der Waals surface area contributed by atoms with E-state index in [1.165, 1.54) is 57.8 Å². The Balaban J connectivity index is 4.32. The van der Waals surface area contributed by atoms with Crippen molar-refractivity contribution in [3.05, 3.63) is 109 Å². The first kappa shape index (κ1) is 64.1. The standard InChI is InChI=1S/C62H102O6/c1-4-7-10-13-16-19-22-24-25-26-27-28-29-30-31-32-33-34-35-36-37-38-41-43-46-49-52-55-61(64)67-58-59(57-66-60(63)54-51-48-45-42-39-21-18-15-12-9-6-3)68-62(65)56-53-50-47-44-40-23-20-17-14-11-8-5-2/h7,10,15-20,24-25,27-28,30-31,33-34,36-37,59H,4-6,8-9,11-14,21-23,26,29,32,35,38-58H2,1-3H3/b10-7-,18-15-,19-16-,20-17-,25-24-,28-27-,31-30-,34-33-,37-36-. The molecule has 0 bridgehead atoms. The van der Waals surface area contributed by atoms with Gasteiger partial charge in [-0.1, -0.05) is 214 Å². The maximum absolute atomic E-state index is 12.8. The molecular formula is C62H102O6. The Hall–Kier alpha value is -3.93. The van der Waals surface area contributed by atoms with Gasteiger partial charge in [0.2, 0.25) is 0 Å². The second kappa shape index (κ2) is 55.7. The summed E-state index contributed by atoms with van der Waals surface area (Å²) in [5.41, 5.74) is 0. The highest BCUT2D eigenvalue weighted by molar-refractivity contribution is 5.71. The van der Waals surface area contributed by atoms with Crippen LogP contribution in [-0.2, 0) is 28.6 Å². The Morgan fingerprint density at radius 2 is 0.588 bits per heavy atom. The molecule has 0 aliphatic rings. The summed E-state index contributed by atoms with van der Waals surface area (Å²) in [6, 6.07) is 0. The van der Waals surface area contributed by atoms with E-state index in [1.54, 1.807) is 0 Å². The molecule has 0 fully saturated rings. The molecule has 6 heteroatoms. The number of hydrogen-bond donors (Lipinski definition) is 0. The number of ether oxygens (including phenoxy) is 3. The Morgan fingerprint density at radius 1 is 0.309 bits per heavy atom. The molecule has 1 unspecified atom stereocenters. The van der Waals surface area contributed by atoms with Gasteiger partial charge in [-0.3, -0.25) is 14.4 Å². The third-order valence-electron chi connectivity index (χ3n) is 11.5. The molecule has 1 atom stereocenters. The fourth-order valence-electron chi connectivity index (χ4n) is 7.28. The largest absolute Gasteiger partial charge is 0.462 e. The van der Waals surface area contributed by atoms with E-state index in [0.29, 0.717) is 19.3 Å². The molecule has 0 radical (unpaired) electrons. The molecule has 0 aromatic carbocycles. The lowest BCUT2D eigenvalue weighted by Crippen LogP contribution is -2.30. The van der Waals surface area contributed by atoms with E-state index < -0.39 is 6.10 Å². The zero-order valence-corrected chi connectivity index (χ0v) is 44.1. The van der Waals surface area contributed by atoms with Crippen molar-refractivity contribution >= 4 is 17.9 Å². The minimum Gasteiger partial charge on any atom is -0.462 e. The first-order valence-corrected chi connectivity index (χ1v) is 27.9. The Kier molecular flexibility index (Phi) is 52.4. The molecule has 0 aliphatic carbocycles. The third-order valence-corrected chi connectivity index (χ3v) is 11.5. The van der Waals surface area contributed by atoms with Crippen LogP contribution in [0.4, 0.5) is 0 Å². The van der Waals surface area contributed by atoms with Crippen LogP contribution in [0, 0.1) is 0 Å². The molecule has 0 rings (SSSR count). The number of allylic oxidation sites excluding steroid dienone is 18. The van der Waals surface area contributed by atoms with Crippen LogP contribution in [0.2, 0.25) is 0 Å². The monoisotopic (exact) mass is 943 g/mol. The summed E-state index contributed by atoms with van der Waals surface area (Å²) in [5.74, 6) is -0.935. The molecule has 0 aliphatic heterocycles. The van der Waals surface area contributed by atoms with Crippen molar-refractivity contribution in [2.24, 2.45) is 0 Å². The van der Waals surface area contributed by atoms with Crippen LogP contribution in [0.5, 0.6) is 0 Å². The summed E-state index contributed by atoms with van der Waals surface area (Å²) >= 11 is 0. The molecule has 6 nitrogen and oxygen atoms in total. The number of unbranched alkanes of at least 4 members (excludes halogenated alkanes) is 20. The predicted octanol–water partition coefficient (Wildman–Crippen LogP) is 18.7. The average Bonchev–Trinajstić information content (AvgIpc) is 3.34. The van der Waals surface area contributed by atoms with E-state index in [2.05, 4.69) is 130 Å². The number of rotatable bonds is 49. The normalized spacial score (nSPS) is 12.9. The molecule has 0 heterocycles. The molecule has 0 saturated heterocycles. The Bertz CT molecular complexity index is 1410. The minimum atomic E-state index is -0.794. The second-order valence-electron chi connectivity index (χ2n) is 18.1. The van der Waals surface area contributed by atoms with Crippen molar-refractivity contribution < 1.29 is 28.6 Å². The lowest BCUT2D eigenvalue weighted by molar-refractivity contribution is -0.167. The van der Waals surface area contributed by atoms with Crippen LogP contribution < -0.4 is 0 Å². The van der Waals surface area contributed by atoms with Gasteiger partial charge in [-0.2, -0.15) is 0 Å². The van der Waals surface area contributed by atoms with Gasteiger partial charge in [-0.05, 0) is 122 Å². The lowest BCUT2D eigenvalue weighted by atomic mass is 10.1. The molecule has 0 spiro atoms. The highest BCUT2D eigenvalue weighted by atomic mass is 16.6. The number of carbonyl (C=O) groups excluding carboxylic acids is 3. The molecular weight excluding hydrogens is 841 g/mol. The van der Waals surface area contributed by atoms with Gasteiger partial charge < -0.3 is 14.2 Å². The molecule has 68 heavy (non-hydrogen) atoms. The Morgan fingerprint density at radius 3 is 0.956 bits per heavy atom. The SMILES string of the molecule is CC/C=C\C/C=C\C/C=C\C/C=C\C/C=C\C/C=C\C/C=C\CCCCCCCC(=O)OCC(COC(=O)CCCCCCC/C=C\CCCC)OC(=O)CCCCCCC/C=C\CCCCC. The highest BCUT2D eigenvalue weighted by Gasteiger charge is 2.19. The summed E-state index contributed by atoms with van der Waals surface area (Å²) in [7, 11) is 0. The molecule has 0 N–H and O–H groups in total. The number of esters is 3. The Labute approximate surface area is 419 Å². The zero-order valence-electron chi connectivity index (χ0n) is 44.1. The van der Waals surface area contributed by atoms with Crippen molar-refractivity contribution in [2.45, 2.75) is 252 Å². The van der Waals surface area contributed by atoms with Gasteiger partial charge in [0.15, 0.2) is 6.10 Å². The minimum absolute atomic E-state index is 0.0932. The molecule has 0 saturated carbocycles. The third kappa shape index (κ3) is 53.0. The number of hydrogen-bond acceptors (Lipinski definition) is 6. The first-order chi connectivity index (χ1) is 33.5. The fourth-order valence-corrected chi connectivity index (χ4v) is 7.28. The van der Waals surface area contributed by atoms with Crippen molar-refractivity contribution in [3.8, 4) is 0 Å². The topological polar surface area (TPSA) is 78.9 Å². The zero-order chi connectivity index (χ0) is 49.3. The molecule has 0 aromatic rings. The molecule has 0 amide bonds. The summed E-state index contributed by atoms with van der Waals surface area (Å²) in [4.78, 5) is 38.0. The van der Waals surface area contributed by atoms with Gasteiger partial charge in [-0.25, -0.2) is 0 Å². The van der Waals surface area contributed by atoms with Crippen LogP contribution in [0.3, 0.4) is 0 Å². The highest BCUT2D eigenvalue weighted by Crippen LogP contribution is 2.13. The first-order valence-electron chi connectivity index (χ1n) is 27.9. The second-order valence-corrected chi connectivity index (χ2v) is 18.1. The van der Waals surface area contributed by atoms with Crippen LogP contribution in [-0.4, -0.2) is 37.2 Å². The van der Waals surface area contributed by atoms with Gasteiger partial charge in [0.05, 0.1) is 0 Å². The van der Waals surface area contributed by atoms with Gasteiger partial charge in [-0.15, -0.1) is 0 Å². The summed E-state index contributed by atoms with van der Waals surface area (Å²) in [6.45, 7) is 6.42.